The van der Waals surface area contributed by atoms with Gasteiger partial charge < -0.3 is 10.2 Å². The molecule has 38 heavy (non-hydrogen) atoms. The Bertz CT molecular complexity index is 1470. The fraction of sp³-hybridized carbons (Fsp3) is 0.407. The van der Waals surface area contributed by atoms with Crippen LogP contribution >= 0.6 is 0 Å². The summed E-state index contributed by atoms with van der Waals surface area (Å²) < 4.78 is 77.9. The van der Waals surface area contributed by atoms with Gasteiger partial charge in [-0.15, -0.1) is 5.92 Å². The zero-order chi connectivity index (χ0) is 27.4. The van der Waals surface area contributed by atoms with E-state index < -0.39 is 51.3 Å². The highest BCUT2D eigenvalue weighted by Gasteiger charge is 2.49. The first-order valence-corrected chi connectivity index (χ1v) is 14.0. The molecule has 0 spiro atoms. The lowest BCUT2D eigenvalue weighted by Gasteiger charge is -2.29. The van der Waals surface area contributed by atoms with E-state index in [1.54, 1.807) is 0 Å². The lowest BCUT2D eigenvalue weighted by Crippen LogP contribution is -2.49. The highest BCUT2D eigenvalue weighted by Crippen LogP contribution is 2.44. The standard InChI is InChI=1S/C27H24F4N2O4S/c1-38(36,37)19-6-2-4-16(12-19)26(35)33-14-17-5-3-7-20(17)24(33)25(34)32-23(15-8-9-15)21-11-10-18(13-22(21)28)27(29,30)31/h2,4,6,10-13,15,17,20,23-24H,7-9,14H2,1H3,(H,32,34)/t17-,20-,23+,24+/m0/s1. The van der Waals surface area contributed by atoms with Crippen molar-refractivity contribution in [2.45, 2.75) is 42.4 Å². The number of carbonyl (C=O) groups is 2. The summed E-state index contributed by atoms with van der Waals surface area (Å²) in [6.45, 7) is 0.167. The van der Waals surface area contributed by atoms with Crippen molar-refractivity contribution in [1.29, 1.82) is 0 Å². The fourth-order valence-electron chi connectivity index (χ4n) is 5.27. The molecule has 0 bridgehead atoms. The quantitative estimate of drug-likeness (QED) is 0.438. The molecule has 11 heteroatoms. The van der Waals surface area contributed by atoms with Crippen molar-refractivity contribution in [2.75, 3.05) is 12.8 Å². The van der Waals surface area contributed by atoms with Crippen molar-refractivity contribution in [1.82, 2.24) is 10.2 Å². The highest BCUT2D eigenvalue weighted by molar-refractivity contribution is 7.90. The van der Waals surface area contributed by atoms with Gasteiger partial charge in [-0.25, -0.2) is 12.8 Å². The Morgan fingerprint density at radius 3 is 2.50 bits per heavy atom. The summed E-state index contributed by atoms with van der Waals surface area (Å²) >= 11 is 0. The van der Waals surface area contributed by atoms with Crippen molar-refractivity contribution in [3.05, 3.63) is 65.0 Å². The van der Waals surface area contributed by atoms with Crippen molar-refractivity contribution in [3.63, 3.8) is 0 Å². The molecule has 2 aliphatic carbocycles. The molecule has 0 aromatic heterocycles. The summed E-state index contributed by atoms with van der Waals surface area (Å²) in [6.07, 6.45) is -1.95. The zero-order valence-electron chi connectivity index (χ0n) is 20.3. The van der Waals surface area contributed by atoms with Gasteiger partial charge in [-0.3, -0.25) is 9.59 Å². The van der Waals surface area contributed by atoms with Gasteiger partial charge in [-0.2, -0.15) is 13.2 Å². The molecular weight excluding hydrogens is 524 g/mol. The number of likely N-dealkylation sites (tertiary alicyclic amines) is 1. The van der Waals surface area contributed by atoms with Gasteiger partial charge in [0, 0.05) is 42.2 Å². The summed E-state index contributed by atoms with van der Waals surface area (Å²) in [5.41, 5.74) is -1.05. The van der Waals surface area contributed by atoms with E-state index in [0.29, 0.717) is 25.3 Å². The first kappa shape index (κ1) is 26.2. The Kier molecular flexibility index (Phi) is 6.50. The maximum atomic E-state index is 14.8. The number of benzene rings is 2. The molecule has 2 aromatic rings. The van der Waals surface area contributed by atoms with Crippen LogP contribution in [0.3, 0.4) is 0 Å². The van der Waals surface area contributed by atoms with Gasteiger partial charge in [0.1, 0.15) is 11.9 Å². The molecular formula is C27H24F4N2O4S. The average molecular weight is 549 g/mol. The molecule has 2 aromatic carbocycles. The van der Waals surface area contributed by atoms with Crippen LogP contribution in [0.4, 0.5) is 17.6 Å². The number of halogens is 4. The summed E-state index contributed by atoms with van der Waals surface area (Å²) in [4.78, 5) is 28.5. The predicted octanol–water partition coefficient (Wildman–Crippen LogP) is 3.98. The van der Waals surface area contributed by atoms with Crippen LogP contribution in [0, 0.1) is 35.4 Å². The van der Waals surface area contributed by atoms with E-state index in [9.17, 15) is 35.6 Å². The minimum absolute atomic E-state index is 0.0323. The van der Waals surface area contributed by atoms with Gasteiger partial charge in [0.2, 0.25) is 5.91 Å². The van der Waals surface area contributed by atoms with E-state index in [1.165, 1.54) is 29.2 Å². The molecule has 6 nitrogen and oxygen atoms in total. The second kappa shape index (κ2) is 9.42. The van der Waals surface area contributed by atoms with E-state index in [0.717, 1.165) is 18.4 Å². The van der Waals surface area contributed by atoms with Gasteiger partial charge in [0.25, 0.3) is 5.91 Å². The number of nitrogens with zero attached hydrogens (tertiary/aromatic N) is 1. The Hall–Kier alpha value is -3.39. The average Bonchev–Trinajstić information content (AvgIpc) is 3.48. The third-order valence-corrected chi connectivity index (χ3v) is 8.48. The van der Waals surface area contributed by atoms with Crippen LogP contribution < -0.4 is 5.32 Å². The molecule has 4 atom stereocenters. The monoisotopic (exact) mass is 548 g/mol. The van der Waals surface area contributed by atoms with Gasteiger partial charge >= 0.3 is 6.18 Å². The molecule has 1 saturated carbocycles. The number of sulfone groups is 1. The third-order valence-electron chi connectivity index (χ3n) is 7.37. The second-order valence-electron chi connectivity index (χ2n) is 10.1. The number of amides is 2. The predicted molar refractivity (Wildman–Crippen MR) is 129 cm³/mol. The molecule has 1 N–H and O–H groups in total. The number of hydrogen-bond acceptors (Lipinski definition) is 4. The summed E-state index contributed by atoms with van der Waals surface area (Å²) in [7, 11) is -3.57. The minimum atomic E-state index is -4.70. The molecule has 0 radical (unpaired) electrons. The van der Waals surface area contributed by atoms with Crippen LogP contribution in [0.2, 0.25) is 0 Å². The Labute approximate surface area is 217 Å². The normalized spacial score (nSPS) is 23.4. The van der Waals surface area contributed by atoms with E-state index >= 15 is 0 Å². The van der Waals surface area contributed by atoms with Crippen LogP contribution in [-0.4, -0.2) is 44.0 Å². The van der Waals surface area contributed by atoms with Gasteiger partial charge in [-0.1, -0.05) is 18.1 Å². The van der Waals surface area contributed by atoms with E-state index in [-0.39, 0.29) is 40.3 Å². The summed E-state index contributed by atoms with van der Waals surface area (Å²) in [6, 6.07) is 6.02. The van der Waals surface area contributed by atoms with Crippen molar-refractivity contribution in [3.8, 4) is 11.8 Å². The molecule has 5 rings (SSSR count). The summed E-state index contributed by atoms with van der Waals surface area (Å²) in [5, 5.41) is 2.82. The molecule has 200 valence electrons. The SMILES string of the molecule is CS(=O)(=O)c1cccc(C(=O)N2C[C@@H]3C#CC[C@@H]3[C@@H]2C(=O)N[C@@H](c2ccc(C(F)(F)F)cc2F)C2CC2)c1. The Morgan fingerprint density at radius 1 is 1.13 bits per heavy atom. The molecule has 2 amide bonds. The molecule has 3 aliphatic rings. The van der Waals surface area contributed by atoms with E-state index in [4.69, 9.17) is 0 Å². The molecule has 1 saturated heterocycles. The largest absolute Gasteiger partial charge is 0.416 e. The maximum absolute atomic E-state index is 14.8. The smallest absolute Gasteiger partial charge is 0.347 e. The topological polar surface area (TPSA) is 83.6 Å². The fourth-order valence-corrected chi connectivity index (χ4v) is 5.94. The van der Waals surface area contributed by atoms with Gasteiger partial charge in [0.05, 0.1) is 16.5 Å². The maximum Gasteiger partial charge on any atom is 0.416 e. The van der Waals surface area contributed by atoms with Gasteiger partial charge in [0.15, 0.2) is 9.84 Å². The van der Waals surface area contributed by atoms with Crippen LogP contribution in [0.15, 0.2) is 47.4 Å². The minimum Gasteiger partial charge on any atom is -0.347 e. The number of nitrogens with one attached hydrogen (secondary N) is 1. The molecule has 1 heterocycles. The lowest BCUT2D eigenvalue weighted by atomic mass is 9.91. The molecule has 0 unspecified atom stereocenters. The number of rotatable bonds is 6. The second-order valence-corrected chi connectivity index (χ2v) is 12.1. The van der Waals surface area contributed by atoms with Crippen LogP contribution in [0.25, 0.3) is 0 Å². The Balaban J connectivity index is 1.43. The third kappa shape index (κ3) is 5.01. The molecule has 1 aliphatic heterocycles. The highest BCUT2D eigenvalue weighted by atomic mass is 32.2. The van der Waals surface area contributed by atoms with Crippen LogP contribution in [0.5, 0.6) is 0 Å². The first-order chi connectivity index (χ1) is 17.8. The zero-order valence-corrected chi connectivity index (χ0v) is 21.1. The van der Waals surface area contributed by atoms with Crippen molar-refractivity contribution < 1.29 is 35.6 Å². The number of alkyl halides is 3. The van der Waals surface area contributed by atoms with E-state index in [1.807, 2.05) is 0 Å². The lowest BCUT2D eigenvalue weighted by molar-refractivity contribution is -0.137. The molecule has 2 fully saturated rings. The first-order valence-electron chi connectivity index (χ1n) is 12.1. The van der Waals surface area contributed by atoms with Crippen LogP contribution in [-0.2, 0) is 20.8 Å². The van der Waals surface area contributed by atoms with Gasteiger partial charge in [-0.05, 0) is 49.1 Å². The van der Waals surface area contributed by atoms with Crippen LogP contribution in [0.1, 0.15) is 46.8 Å². The number of carbonyl (C=O) groups excluding carboxylic acids is 2. The van der Waals surface area contributed by atoms with Crippen molar-refractivity contribution >= 4 is 21.7 Å². The number of hydrogen-bond donors (Lipinski definition) is 1. The number of fused-ring (bicyclic) bond motifs is 1. The Morgan fingerprint density at radius 2 is 1.87 bits per heavy atom. The van der Waals surface area contributed by atoms with E-state index in [2.05, 4.69) is 17.2 Å². The van der Waals surface area contributed by atoms with Crippen molar-refractivity contribution in [2.24, 2.45) is 17.8 Å². The summed E-state index contributed by atoms with van der Waals surface area (Å²) in [5.74, 6) is 3.15.